The van der Waals surface area contributed by atoms with Crippen molar-refractivity contribution in [1.82, 2.24) is 9.97 Å². The molecule has 0 saturated heterocycles. The Morgan fingerprint density at radius 1 is 0.806 bits per heavy atom. The molecule has 0 amide bonds. The third-order valence-corrected chi connectivity index (χ3v) is 13.9. The van der Waals surface area contributed by atoms with Gasteiger partial charge in [-0.25, -0.2) is 0 Å². The zero-order valence-electron chi connectivity index (χ0n) is 20.1. The van der Waals surface area contributed by atoms with Crippen molar-refractivity contribution in [1.29, 1.82) is 0 Å². The Kier molecular flexibility index (Phi) is 5.70. The molecule has 176 valence electrons. The highest BCUT2D eigenvalue weighted by molar-refractivity contribution is 7.87. The molecule has 5 heterocycles. The summed E-state index contributed by atoms with van der Waals surface area (Å²) in [6.07, 6.45) is 3.78. The molecule has 0 spiro atoms. The van der Waals surface area contributed by atoms with E-state index in [0.717, 1.165) is 47.5 Å². The normalized spacial score (nSPS) is 16.2. The van der Waals surface area contributed by atoms with Gasteiger partial charge in [-0.2, -0.15) is 0 Å². The van der Waals surface area contributed by atoms with Crippen LogP contribution in [0.5, 0.6) is 0 Å². The summed E-state index contributed by atoms with van der Waals surface area (Å²) < 4.78 is 14.4. The lowest BCUT2D eigenvalue weighted by Crippen LogP contribution is -2.37. The first-order valence-corrected chi connectivity index (χ1v) is 18.6. The van der Waals surface area contributed by atoms with E-state index in [1.165, 1.54) is 5.19 Å². The van der Waals surface area contributed by atoms with Gasteiger partial charge in [0, 0.05) is 33.9 Å². The number of hydrogen-bond acceptors (Lipinski definition) is 5. The molecule has 5 aromatic rings. The number of thiophene rings is 2. The van der Waals surface area contributed by atoms with Gasteiger partial charge >= 0.3 is 0 Å². The Labute approximate surface area is 220 Å². The van der Waals surface area contributed by atoms with Gasteiger partial charge in [0.2, 0.25) is 0 Å². The summed E-state index contributed by atoms with van der Waals surface area (Å²) in [5.41, 5.74) is 2.55. The minimum atomic E-state index is -2.85. The van der Waals surface area contributed by atoms with Crippen LogP contribution in [0.25, 0.3) is 21.1 Å². The number of aromatic nitrogens is 2. The van der Waals surface area contributed by atoms with Crippen LogP contribution in [0.15, 0.2) is 84.5 Å². The molecule has 36 heavy (non-hydrogen) atoms. The van der Waals surface area contributed by atoms with Crippen LogP contribution in [0, 0.1) is 11.8 Å². The quantitative estimate of drug-likeness (QED) is 0.162. The van der Waals surface area contributed by atoms with E-state index in [2.05, 4.69) is 53.6 Å². The number of fused-ring (bicyclic) bond motifs is 3. The van der Waals surface area contributed by atoms with Crippen molar-refractivity contribution in [2.24, 2.45) is 0 Å². The number of hydrogen-bond donors (Lipinski definition) is 0. The second-order valence-corrected chi connectivity index (χ2v) is 19.5. The molecule has 0 fully saturated rings. The number of pyridine rings is 2. The molecule has 4 aromatic heterocycles. The summed E-state index contributed by atoms with van der Waals surface area (Å²) >= 11 is 3.28. The van der Waals surface area contributed by atoms with Gasteiger partial charge in [0.15, 0.2) is 7.14 Å². The zero-order chi connectivity index (χ0) is 24.9. The van der Waals surface area contributed by atoms with Gasteiger partial charge in [-0.05, 0) is 40.9 Å². The molecule has 0 saturated carbocycles. The third kappa shape index (κ3) is 3.93. The van der Waals surface area contributed by atoms with Crippen LogP contribution >= 0.6 is 29.8 Å². The highest BCUT2D eigenvalue weighted by Crippen LogP contribution is 2.55. The first-order valence-electron chi connectivity index (χ1n) is 11.7. The molecule has 1 unspecified atom stereocenters. The number of benzene rings is 1. The van der Waals surface area contributed by atoms with Crippen LogP contribution in [0.3, 0.4) is 0 Å². The van der Waals surface area contributed by atoms with E-state index in [9.17, 15) is 4.57 Å². The van der Waals surface area contributed by atoms with Crippen molar-refractivity contribution in [3.63, 3.8) is 0 Å². The average Bonchev–Trinajstić information content (AvgIpc) is 3.59. The molecule has 0 aliphatic carbocycles. The number of nitrogens with zero attached hydrogens (tertiary/aromatic N) is 2. The predicted octanol–water partition coefficient (Wildman–Crippen LogP) is 5.83. The van der Waals surface area contributed by atoms with E-state index in [4.69, 9.17) is 0 Å². The second kappa shape index (κ2) is 8.79. The fourth-order valence-corrected chi connectivity index (χ4v) is 11.5. The molecule has 6 rings (SSSR count). The van der Waals surface area contributed by atoms with E-state index >= 15 is 0 Å². The minimum Gasteiger partial charge on any atom is -0.309 e. The van der Waals surface area contributed by atoms with Crippen LogP contribution in [-0.4, -0.2) is 18.0 Å². The van der Waals surface area contributed by atoms with Gasteiger partial charge in [0.1, 0.15) is 0 Å². The lowest BCUT2D eigenvalue weighted by atomic mass is 10.2. The van der Waals surface area contributed by atoms with Crippen LogP contribution in [0.2, 0.25) is 19.6 Å². The molecule has 1 aromatic carbocycles. The smallest absolute Gasteiger partial charge is 0.174 e. The van der Waals surface area contributed by atoms with Gasteiger partial charge < -0.3 is 4.57 Å². The maximum Gasteiger partial charge on any atom is 0.174 e. The van der Waals surface area contributed by atoms with Crippen LogP contribution in [0.1, 0.15) is 10.4 Å². The minimum absolute atomic E-state index is 0.840. The summed E-state index contributed by atoms with van der Waals surface area (Å²) in [7, 11) is -4.22. The second-order valence-electron chi connectivity index (χ2n) is 9.77. The van der Waals surface area contributed by atoms with Crippen molar-refractivity contribution in [3.8, 4) is 33.0 Å². The monoisotopic (exact) mass is 538 g/mol. The van der Waals surface area contributed by atoms with E-state index in [0.29, 0.717) is 0 Å². The summed E-state index contributed by atoms with van der Waals surface area (Å²) in [5.74, 6) is 6.53. The highest BCUT2D eigenvalue weighted by Gasteiger charge is 2.42. The van der Waals surface area contributed by atoms with Crippen molar-refractivity contribution >= 4 is 59.0 Å². The molecule has 3 nitrogen and oxygen atoms in total. The van der Waals surface area contributed by atoms with Crippen LogP contribution in [0.4, 0.5) is 0 Å². The molecule has 0 radical (unpaired) electrons. The predicted molar refractivity (Wildman–Crippen MR) is 157 cm³/mol. The highest BCUT2D eigenvalue weighted by atomic mass is 32.1. The van der Waals surface area contributed by atoms with E-state index in [1.54, 1.807) is 28.9 Å². The summed E-state index contributed by atoms with van der Waals surface area (Å²) in [4.78, 5) is 12.4. The fraction of sp³-hybridized carbons (Fsp3) is 0.103. The Morgan fingerprint density at radius 2 is 1.56 bits per heavy atom. The van der Waals surface area contributed by atoms with Gasteiger partial charge in [0.25, 0.3) is 0 Å². The van der Waals surface area contributed by atoms with Crippen molar-refractivity contribution < 1.29 is 4.57 Å². The largest absolute Gasteiger partial charge is 0.309 e. The Hall–Kier alpha value is -3.07. The molecule has 1 aliphatic heterocycles. The summed E-state index contributed by atoms with van der Waals surface area (Å²) in [5, 5.41) is 6.14. The molecular formula is C29H23N2OPS2Si. The molecule has 1 aliphatic rings. The number of rotatable bonds is 3. The van der Waals surface area contributed by atoms with Gasteiger partial charge in [-0.15, -0.1) is 22.7 Å². The lowest BCUT2D eigenvalue weighted by molar-refractivity contribution is 0.593. The maximum atomic E-state index is 14.4. The molecular weight excluding hydrogens is 516 g/mol. The van der Waals surface area contributed by atoms with E-state index in [1.807, 2.05) is 66.2 Å². The topological polar surface area (TPSA) is 42.9 Å². The average molecular weight is 539 g/mol. The van der Waals surface area contributed by atoms with Gasteiger partial charge in [0.05, 0.1) is 34.1 Å². The molecule has 7 heteroatoms. The lowest BCUT2D eigenvalue weighted by Gasteiger charge is -2.15. The molecule has 0 bridgehead atoms. The van der Waals surface area contributed by atoms with Crippen molar-refractivity contribution in [3.05, 3.63) is 94.9 Å². The van der Waals surface area contributed by atoms with Crippen LogP contribution in [-0.2, 0) is 4.57 Å². The Morgan fingerprint density at radius 3 is 2.22 bits per heavy atom. The van der Waals surface area contributed by atoms with E-state index in [-0.39, 0.29) is 0 Å². The maximum absolute atomic E-state index is 14.4. The van der Waals surface area contributed by atoms with Crippen LogP contribution < -0.4 is 21.1 Å². The molecule has 1 atom stereocenters. The standard InChI is InChI=1S/C29H23N2OPS2Si/c1-36(2,3)23-12-14-25(31-19-23)24-13-10-20(18-30-24)9-11-22-17-27-29(35-22)28-26(15-16-34-28)33(27,32)21-7-5-4-6-8-21/h4-8,10,12-19H,1-3H3. The molecule has 0 N–H and O–H groups in total. The van der Waals surface area contributed by atoms with Crippen molar-refractivity contribution in [2.75, 3.05) is 0 Å². The summed E-state index contributed by atoms with van der Waals surface area (Å²) in [6.45, 7) is 6.95. The van der Waals surface area contributed by atoms with Crippen molar-refractivity contribution in [2.45, 2.75) is 19.6 Å². The van der Waals surface area contributed by atoms with E-state index < -0.39 is 15.2 Å². The van der Waals surface area contributed by atoms with Gasteiger partial charge in [-0.1, -0.05) is 67.9 Å². The third-order valence-electron chi connectivity index (χ3n) is 6.35. The SMILES string of the molecule is C[Si](C)(C)c1ccc(-c2ccc(C#Cc3cc4c(s3)-c3sccc3P4(=O)c3ccccc3)cn2)nc1. The Balaban J connectivity index is 1.29. The zero-order valence-corrected chi connectivity index (χ0v) is 23.7. The first-order chi connectivity index (χ1) is 17.3. The van der Waals surface area contributed by atoms with Gasteiger partial charge in [-0.3, -0.25) is 9.97 Å². The first kappa shape index (κ1) is 23.3. The fourth-order valence-electron chi connectivity index (χ4n) is 4.35. The Bertz CT molecular complexity index is 1690. The summed E-state index contributed by atoms with van der Waals surface area (Å²) in [6, 6.07) is 22.0.